The minimum atomic E-state index is -1.28. The molecule has 10 atom stereocenters. The number of carbonyl (C=O) groups is 2. The summed E-state index contributed by atoms with van der Waals surface area (Å²) in [4.78, 5) is 28.9. The Morgan fingerprint density at radius 1 is 1.31 bits per heavy atom. The van der Waals surface area contributed by atoms with Crippen LogP contribution in [-0.2, 0) is 23.8 Å². The van der Waals surface area contributed by atoms with Gasteiger partial charge in [-0.25, -0.2) is 4.39 Å². The predicted octanol–water partition coefficient (Wildman–Crippen LogP) is 4.52. The normalized spacial score (nSPS) is 45.2. The zero-order chi connectivity index (χ0) is 28.3. The number of aliphatic carboxylic acids is 1. The highest BCUT2D eigenvalue weighted by Crippen LogP contribution is 2.82. The Morgan fingerprint density at radius 2 is 2.05 bits per heavy atom. The van der Waals surface area contributed by atoms with E-state index in [9.17, 15) is 19.1 Å². The number of fused-ring (bicyclic) bond motifs is 2. The van der Waals surface area contributed by atoms with Gasteiger partial charge in [0.1, 0.15) is 18.4 Å². The molecule has 4 fully saturated rings. The van der Waals surface area contributed by atoms with Crippen LogP contribution in [0.1, 0.15) is 53.4 Å². The molecule has 0 aromatic rings. The summed E-state index contributed by atoms with van der Waals surface area (Å²) in [5, 5.41) is 11.2. The molecule has 4 aliphatic carbocycles. The zero-order valence-electron chi connectivity index (χ0n) is 24.2. The maximum Gasteiger partial charge on any atom is 0.315 e. The number of hydrogen-bond donors (Lipinski definition) is 1. The summed E-state index contributed by atoms with van der Waals surface area (Å²) in [6.07, 6.45) is 5.35. The second-order valence-electron chi connectivity index (χ2n) is 13.4. The van der Waals surface area contributed by atoms with E-state index in [1.165, 1.54) is 0 Å². The molecule has 5 rings (SSSR count). The molecule has 7 nitrogen and oxygen atoms in total. The Kier molecular flexibility index (Phi) is 7.66. The van der Waals surface area contributed by atoms with E-state index in [-0.39, 0.29) is 36.6 Å². The van der Waals surface area contributed by atoms with Crippen molar-refractivity contribution in [1.29, 1.82) is 0 Å². The molecule has 4 unspecified atom stereocenters. The van der Waals surface area contributed by atoms with Crippen LogP contribution in [0.2, 0.25) is 0 Å². The second kappa shape index (κ2) is 10.3. The Labute approximate surface area is 232 Å². The van der Waals surface area contributed by atoms with Gasteiger partial charge in [0.15, 0.2) is 6.29 Å². The largest absolute Gasteiger partial charge is 0.481 e. The Morgan fingerprint density at radius 3 is 2.67 bits per heavy atom. The number of carboxylic acid groups (broad SMARTS) is 1. The van der Waals surface area contributed by atoms with Crippen molar-refractivity contribution < 1.29 is 33.3 Å². The van der Waals surface area contributed by atoms with E-state index in [1.54, 1.807) is 7.11 Å². The van der Waals surface area contributed by atoms with Gasteiger partial charge in [0.2, 0.25) is 0 Å². The lowest BCUT2D eigenvalue weighted by molar-refractivity contribution is -0.219. The third-order valence-electron chi connectivity index (χ3n) is 11.3. The van der Waals surface area contributed by atoms with Gasteiger partial charge in [-0.1, -0.05) is 45.4 Å². The maximum atomic E-state index is 13.6. The van der Waals surface area contributed by atoms with Crippen LogP contribution in [0.3, 0.4) is 0 Å². The highest BCUT2D eigenvalue weighted by Gasteiger charge is 2.84. The molecule has 39 heavy (non-hydrogen) atoms. The molecule has 4 bridgehead atoms. The molecule has 8 heteroatoms. The average molecular weight is 548 g/mol. The first kappa shape index (κ1) is 28.9. The van der Waals surface area contributed by atoms with Crippen LogP contribution in [0.4, 0.5) is 4.39 Å². The second-order valence-corrected chi connectivity index (χ2v) is 13.4. The number of halogens is 1. The maximum absolute atomic E-state index is 13.6. The number of rotatable bonds is 10. The topological polar surface area (TPSA) is 85.3 Å². The van der Waals surface area contributed by atoms with Crippen LogP contribution in [0.25, 0.3) is 0 Å². The molecular formula is C31H46FNO6. The predicted molar refractivity (Wildman–Crippen MR) is 145 cm³/mol. The van der Waals surface area contributed by atoms with Crippen molar-refractivity contribution in [2.45, 2.75) is 71.9 Å². The lowest BCUT2D eigenvalue weighted by Gasteiger charge is -2.58. The Balaban J connectivity index is 1.51. The van der Waals surface area contributed by atoms with E-state index >= 15 is 0 Å². The number of nitrogens with zero attached hydrogens (tertiary/aromatic N) is 1. The molecule has 0 aromatic heterocycles. The van der Waals surface area contributed by atoms with E-state index < -0.39 is 35.2 Å². The molecule has 0 radical (unpaired) electrons. The molecule has 218 valence electrons. The standard InChI is InChI=1S/C31H46FNO6/c1-18(2)25-9-22-10-29(16-34)24-8-7-20(4)23(24)11-30(22,31(25,29)28(35)36)17-38-27-15-33(13-19(3)12-32)14-26(37-6)21(5)39-27/h9,16,18,20-24,26-27H,3,7-8,10-15,17H2,1-2,4-6H3,(H,35,36)/t20-,21-,22?,23-,24-,26+,27-,29?,30?,31?/m1/s1. The lowest BCUT2D eigenvalue weighted by Crippen LogP contribution is -2.63. The van der Waals surface area contributed by atoms with Gasteiger partial charge < -0.3 is 24.1 Å². The van der Waals surface area contributed by atoms with Crippen molar-refractivity contribution in [1.82, 2.24) is 4.90 Å². The number of allylic oxidation sites excluding steroid dienone is 1. The van der Waals surface area contributed by atoms with E-state index in [4.69, 9.17) is 14.2 Å². The number of methoxy groups -OCH3 is 1. The summed E-state index contributed by atoms with van der Waals surface area (Å²) in [5.74, 6) is -0.0798. The van der Waals surface area contributed by atoms with Crippen molar-refractivity contribution in [3.63, 3.8) is 0 Å². The van der Waals surface area contributed by atoms with Crippen molar-refractivity contribution in [3.8, 4) is 0 Å². The van der Waals surface area contributed by atoms with Crippen LogP contribution < -0.4 is 0 Å². The van der Waals surface area contributed by atoms with Crippen LogP contribution in [0.5, 0.6) is 0 Å². The van der Waals surface area contributed by atoms with E-state index in [2.05, 4.69) is 19.6 Å². The molecule has 0 aromatic carbocycles. The average Bonchev–Trinajstić information content (AvgIpc) is 3.42. The number of ether oxygens (including phenoxy) is 3. The van der Waals surface area contributed by atoms with Gasteiger partial charge in [-0.2, -0.15) is 0 Å². The molecular weight excluding hydrogens is 501 g/mol. The fraction of sp³-hybridized carbons (Fsp3) is 0.806. The molecule has 0 amide bonds. The van der Waals surface area contributed by atoms with Gasteiger partial charge >= 0.3 is 5.97 Å². The molecule has 5 aliphatic rings. The third-order valence-corrected chi connectivity index (χ3v) is 11.3. The molecule has 1 heterocycles. The van der Waals surface area contributed by atoms with Crippen molar-refractivity contribution in [3.05, 3.63) is 23.8 Å². The lowest BCUT2D eigenvalue weighted by atomic mass is 9.43. The molecule has 3 saturated carbocycles. The highest BCUT2D eigenvalue weighted by atomic mass is 19.1. The van der Waals surface area contributed by atoms with Crippen LogP contribution >= 0.6 is 0 Å². The third kappa shape index (κ3) is 3.95. The molecule has 1 aliphatic heterocycles. The minimum absolute atomic E-state index is 0.0132. The van der Waals surface area contributed by atoms with E-state index in [0.29, 0.717) is 43.5 Å². The summed E-state index contributed by atoms with van der Waals surface area (Å²) in [6, 6.07) is 0. The molecule has 1 saturated heterocycles. The number of carbonyl (C=O) groups excluding carboxylic acids is 1. The highest BCUT2D eigenvalue weighted by molar-refractivity contribution is 5.90. The van der Waals surface area contributed by atoms with Crippen molar-refractivity contribution >= 4 is 12.3 Å². The summed E-state index contributed by atoms with van der Waals surface area (Å²) in [6.45, 7) is 13.1. The van der Waals surface area contributed by atoms with E-state index in [0.717, 1.165) is 31.1 Å². The van der Waals surface area contributed by atoms with Crippen molar-refractivity contribution in [2.24, 2.45) is 45.8 Å². The summed E-state index contributed by atoms with van der Waals surface area (Å²) in [5.41, 5.74) is -1.54. The Hall–Kier alpha value is -1.61. The summed E-state index contributed by atoms with van der Waals surface area (Å²) < 4.78 is 31.9. The first-order chi connectivity index (χ1) is 18.5. The fourth-order valence-corrected chi connectivity index (χ4v) is 9.78. The monoisotopic (exact) mass is 547 g/mol. The minimum Gasteiger partial charge on any atom is -0.481 e. The van der Waals surface area contributed by atoms with Crippen LogP contribution in [-0.4, -0.2) is 80.8 Å². The summed E-state index contributed by atoms with van der Waals surface area (Å²) in [7, 11) is 1.64. The first-order valence-electron chi connectivity index (χ1n) is 14.7. The fourth-order valence-electron chi connectivity index (χ4n) is 9.78. The van der Waals surface area contributed by atoms with Crippen molar-refractivity contribution in [2.75, 3.05) is 40.0 Å². The molecule has 0 spiro atoms. The SMILES string of the molecule is C=C(CF)CN1C[C@H](OCC23C[C@@H]4[C@H](C)CC[C@H]4C4(C=O)CC2C=C(C(C)C)C34C(=O)O)O[C@H](C)[C@@H](OC)C1. The van der Waals surface area contributed by atoms with Crippen LogP contribution in [0.15, 0.2) is 23.8 Å². The zero-order valence-corrected chi connectivity index (χ0v) is 24.2. The van der Waals surface area contributed by atoms with Gasteiger partial charge in [-0.15, -0.1) is 0 Å². The number of hydrogen-bond acceptors (Lipinski definition) is 6. The van der Waals surface area contributed by atoms with Gasteiger partial charge in [0, 0.05) is 32.2 Å². The van der Waals surface area contributed by atoms with Gasteiger partial charge in [-0.3, -0.25) is 9.69 Å². The molecule has 1 N–H and O–H groups in total. The van der Waals surface area contributed by atoms with Gasteiger partial charge in [0.25, 0.3) is 0 Å². The smallest absolute Gasteiger partial charge is 0.315 e. The number of carboxylic acids is 1. The number of aldehydes is 1. The van der Waals surface area contributed by atoms with Crippen LogP contribution in [0, 0.1) is 45.8 Å². The quantitative estimate of drug-likeness (QED) is 0.318. The van der Waals surface area contributed by atoms with E-state index in [1.807, 2.05) is 25.7 Å². The first-order valence-corrected chi connectivity index (χ1v) is 14.7. The van der Waals surface area contributed by atoms with Gasteiger partial charge in [-0.05, 0) is 61.3 Å². The number of alkyl halides is 1. The Bertz CT molecular complexity index is 1030. The summed E-state index contributed by atoms with van der Waals surface area (Å²) >= 11 is 0. The van der Waals surface area contributed by atoms with Gasteiger partial charge in [0.05, 0.1) is 24.2 Å².